The van der Waals surface area contributed by atoms with Gasteiger partial charge in [0.2, 0.25) is 5.91 Å². The summed E-state index contributed by atoms with van der Waals surface area (Å²) in [5.41, 5.74) is 6.24. The van der Waals surface area contributed by atoms with Crippen LogP contribution in [-0.4, -0.2) is 26.2 Å². The molecule has 2 N–H and O–H groups in total. The van der Waals surface area contributed by atoms with Crippen molar-refractivity contribution >= 4 is 12.0 Å². The zero-order valence-electron chi connectivity index (χ0n) is 12.1. The summed E-state index contributed by atoms with van der Waals surface area (Å²) in [6.07, 6.45) is 4.99. The predicted octanol–water partition coefficient (Wildman–Crippen LogP) is 2.37. The second-order valence-electron chi connectivity index (χ2n) is 4.41. The first-order valence-electron chi connectivity index (χ1n) is 6.39. The highest BCUT2D eigenvalue weighted by Crippen LogP contribution is 2.19. The number of hydrogen-bond donors (Lipinski definition) is 1. The lowest BCUT2D eigenvalue weighted by Crippen LogP contribution is -2.22. The van der Waals surface area contributed by atoms with Gasteiger partial charge in [0.05, 0.1) is 13.2 Å². The molecule has 1 amide bonds. The fraction of sp³-hybridized carbons (Fsp3) is 0.312. The molecule has 0 radical (unpaired) electrons. The molecule has 1 aromatic carbocycles. The molecule has 0 bridgehead atoms. The second-order valence-corrected chi connectivity index (χ2v) is 4.41. The first-order chi connectivity index (χ1) is 9.58. The molecule has 0 saturated carbocycles. The number of nitrogens with two attached hydrogens (primary N) is 1. The molecule has 0 aliphatic rings. The van der Waals surface area contributed by atoms with E-state index in [1.807, 2.05) is 49.4 Å². The second kappa shape index (κ2) is 8.17. The Bertz CT molecular complexity index is 480. The first kappa shape index (κ1) is 16.0. The molecule has 4 nitrogen and oxygen atoms in total. The van der Waals surface area contributed by atoms with Gasteiger partial charge in [0, 0.05) is 19.1 Å². The summed E-state index contributed by atoms with van der Waals surface area (Å²) in [4.78, 5) is 11.0. The molecule has 108 valence electrons. The van der Waals surface area contributed by atoms with Gasteiger partial charge in [-0.2, -0.15) is 0 Å². The molecule has 0 aromatic heterocycles. The number of ether oxygens (including phenoxy) is 2. The summed E-state index contributed by atoms with van der Waals surface area (Å²) in [5.74, 6) is -0.143. The average Bonchev–Trinajstić information content (AvgIpc) is 2.46. The number of methoxy groups -OCH3 is 2. The van der Waals surface area contributed by atoms with E-state index in [-0.39, 0.29) is 12.0 Å². The maximum atomic E-state index is 11.0. The Balaban J connectivity index is 2.84. The minimum Gasteiger partial charge on any atom is -0.501 e. The molecular formula is C16H21NO3. The lowest BCUT2D eigenvalue weighted by Gasteiger charge is -2.21. The van der Waals surface area contributed by atoms with Crippen molar-refractivity contribution in [1.29, 1.82) is 0 Å². The third kappa shape index (κ3) is 4.90. The molecular weight excluding hydrogens is 254 g/mol. The van der Waals surface area contributed by atoms with E-state index in [0.717, 1.165) is 5.56 Å². The Labute approximate surface area is 119 Å². The van der Waals surface area contributed by atoms with E-state index in [9.17, 15) is 4.79 Å². The summed E-state index contributed by atoms with van der Waals surface area (Å²) in [7, 11) is 3.13. The normalized spacial score (nSPS) is 15.1. The van der Waals surface area contributed by atoms with Crippen LogP contribution in [0.4, 0.5) is 0 Å². The Morgan fingerprint density at radius 1 is 1.25 bits per heavy atom. The largest absolute Gasteiger partial charge is 0.501 e. The van der Waals surface area contributed by atoms with Crippen LogP contribution in [0, 0.1) is 5.92 Å². The van der Waals surface area contributed by atoms with Crippen molar-refractivity contribution in [3.8, 4) is 0 Å². The lowest BCUT2D eigenvalue weighted by atomic mass is 10.0. The van der Waals surface area contributed by atoms with Crippen LogP contribution in [0.25, 0.3) is 6.08 Å². The summed E-state index contributed by atoms with van der Waals surface area (Å²) in [5, 5.41) is 0. The summed E-state index contributed by atoms with van der Waals surface area (Å²) in [6, 6.07) is 9.91. The Morgan fingerprint density at radius 2 is 1.90 bits per heavy atom. The quantitative estimate of drug-likeness (QED) is 0.614. The van der Waals surface area contributed by atoms with Crippen LogP contribution in [0.5, 0.6) is 0 Å². The van der Waals surface area contributed by atoms with Gasteiger partial charge in [-0.05, 0) is 5.56 Å². The van der Waals surface area contributed by atoms with Crippen molar-refractivity contribution < 1.29 is 14.3 Å². The molecule has 0 fully saturated rings. The van der Waals surface area contributed by atoms with Crippen LogP contribution in [0.15, 0.2) is 48.2 Å². The molecule has 0 spiro atoms. The van der Waals surface area contributed by atoms with Crippen molar-refractivity contribution in [2.24, 2.45) is 11.7 Å². The number of primary amides is 1. The van der Waals surface area contributed by atoms with Gasteiger partial charge in [0.1, 0.15) is 5.76 Å². The van der Waals surface area contributed by atoms with Crippen LogP contribution in [0.3, 0.4) is 0 Å². The predicted molar refractivity (Wildman–Crippen MR) is 79.7 cm³/mol. The molecule has 0 saturated heterocycles. The van der Waals surface area contributed by atoms with Gasteiger partial charge >= 0.3 is 0 Å². The molecule has 0 aliphatic carbocycles. The third-order valence-electron chi connectivity index (χ3n) is 3.01. The minimum absolute atomic E-state index is 0.113. The van der Waals surface area contributed by atoms with Crippen molar-refractivity contribution in [3.05, 3.63) is 53.8 Å². The van der Waals surface area contributed by atoms with E-state index in [4.69, 9.17) is 15.2 Å². The number of benzene rings is 1. The zero-order valence-corrected chi connectivity index (χ0v) is 12.1. The van der Waals surface area contributed by atoms with Crippen LogP contribution < -0.4 is 5.73 Å². The standard InChI is InChI=1S/C16H21NO3/c1-12(15(20-3)11-16(17)18)14(19-2)10-9-13-7-5-4-6-8-13/h4-12,14H,1-3H3,(H2,17,18)/b10-9+,15-11+/t12-,14+/m0/s1. The molecule has 0 aliphatic heterocycles. The number of amides is 1. The topological polar surface area (TPSA) is 61.5 Å². The van der Waals surface area contributed by atoms with E-state index >= 15 is 0 Å². The fourth-order valence-electron chi connectivity index (χ4n) is 1.90. The molecule has 4 heteroatoms. The Kier molecular flexibility index (Phi) is 6.53. The van der Waals surface area contributed by atoms with Gasteiger partial charge in [0.15, 0.2) is 0 Å². The molecule has 1 aromatic rings. The summed E-state index contributed by atoms with van der Waals surface area (Å²) >= 11 is 0. The zero-order chi connectivity index (χ0) is 15.0. The Hall–Kier alpha value is -2.07. The molecule has 0 unspecified atom stereocenters. The van der Waals surface area contributed by atoms with E-state index in [2.05, 4.69) is 0 Å². The number of carbonyl (C=O) groups excluding carboxylic acids is 1. The first-order valence-corrected chi connectivity index (χ1v) is 6.39. The number of hydrogen-bond acceptors (Lipinski definition) is 3. The van der Waals surface area contributed by atoms with Gasteiger partial charge in [-0.15, -0.1) is 0 Å². The van der Waals surface area contributed by atoms with E-state index in [1.165, 1.54) is 13.2 Å². The van der Waals surface area contributed by atoms with E-state index < -0.39 is 5.91 Å². The van der Waals surface area contributed by atoms with Gasteiger partial charge in [0.25, 0.3) is 0 Å². The van der Waals surface area contributed by atoms with Gasteiger partial charge < -0.3 is 15.2 Å². The van der Waals surface area contributed by atoms with Gasteiger partial charge in [-0.1, -0.05) is 49.4 Å². The van der Waals surface area contributed by atoms with Gasteiger partial charge in [-0.3, -0.25) is 4.79 Å². The number of carbonyl (C=O) groups is 1. The Morgan fingerprint density at radius 3 is 2.40 bits per heavy atom. The summed E-state index contributed by atoms with van der Waals surface area (Å²) in [6.45, 7) is 1.92. The maximum absolute atomic E-state index is 11.0. The van der Waals surface area contributed by atoms with Crippen molar-refractivity contribution in [1.82, 2.24) is 0 Å². The molecule has 1 rings (SSSR count). The van der Waals surface area contributed by atoms with Crippen LogP contribution in [-0.2, 0) is 14.3 Å². The summed E-state index contributed by atoms with van der Waals surface area (Å²) < 4.78 is 10.6. The van der Waals surface area contributed by atoms with E-state index in [1.54, 1.807) is 7.11 Å². The monoisotopic (exact) mass is 275 g/mol. The average molecular weight is 275 g/mol. The highest BCUT2D eigenvalue weighted by atomic mass is 16.5. The SMILES string of the molecule is CO/C(=C/C(N)=O)[C@@H](C)[C@@H](/C=C/c1ccccc1)OC. The van der Waals surface area contributed by atoms with E-state index in [0.29, 0.717) is 5.76 Å². The van der Waals surface area contributed by atoms with Crippen molar-refractivity contribution in [3.63, 3.8) is 0 Å². The lowest BCUT2D eigenvalue weighted by molar-refractivity contribution is -0.113. The molecule has 20 heavy (non-hydrogen) atoms. The van der Waals surface area contributed by atoms with Crippen LogP contribution in [0.2, 0.25) is 0 Å². The van der Waals surface area contributed by atoms with Crippen molar-refractivity contribution in [2.75, 3.05) is 14.2 Å². The third-order valence-corrected chi connectivity index (χ3v) is 3.01. The fourth-order valence-corrected chi connectivity index (χ4v) is 1.90. The maximum Gasteiger partial charge on any atom is 0.244 e. The minimum atomic E-state index is -0.532. The van der Waals surface area contributed by atoms with Crippen LogP contribution >= 0.6 is 0 Å². The smallest absolute Gasteiger partial charge is 0.244 e. The highest BCUT2D eigenvalue weighted by Gasteiger charge is 2.19. The molecule has 2 atom stereocenters. The van der Waals surface area contributed by atoms with Gasteiger partial charge in [-0.25, -0.2) is 0 Å². The molecule has 0 heterocycles. The van der Waals surface area contributed by atoms with Crippen molar-refractivity contribution in [2.45, 2.75) is 13.0 Å². The van der Waals surface area contributed by atoms with Crippen LogP contribution in [0.1, 0.15) is 12.5 Å². The highest BCUT2D eigenvalue weighted by molar-refractivity contribution is 5.86. The number of rotatable bonds is 7.